The average Bonchev–Trinajstić information content (AvgIpc) is 3.05. The summed E-state index contributed by atoms with van der Waals surface area (Å²) in [5.74, 6) is -0.0722. The number of benzene rings is 2. The van der Waals surface area contributed by atoms with Crippen molar-refractivity contribution in [2.24, 2.45) is 5.73 Å². The number of hydrogen-bond acceptors (Lipinski definition) is 2. The van der Waals surface area contributed by atoms with E-state index in [1.54, 1.807) is 0 Å². The van der Waals surface area contributed by atoms with Crippen LogP contribution in [0.25, 0.3) is 22.0 Å². The molecule has 0 aliphatic heterocycles. The fourth-order valence-electron chi connectivity index (χ4n) is 2.81. The first-order valence-electron chi connectivity index (χ1n) is 8.54. The SMILES string of the molecule is NCCCCCNC(=O)c1cc2ccc(-c3ccc(Cl)cc3)cc2[nH]1. The summed E-state index contributed by atoms with van der Waals surface area (Å²) in [6, 6.07) is 15.7. The van der Waals surface area contributed by atoms with Crippen molar-refractivity contribution in [1.82, 2.24) is 10.3 Å². The van der Waals surface area contributed by atoms with E-state index in [0.29, 0.717) is 18.8 Å². The lowest BCUT2D eigenvalue weighted by Gasteiger charge is -2.03. The van der Waals surface area contributed by atoms with E-state index in [1.165, 1.54) is 0 Å². The van der Waals surface area contributed by atoms with Crippen molar-refractivity contribution in [3.05, 3.63) is 59.2 Å². The van der Waals surface area contributed by atoms with Crippen LogP contribution in [0.5, 0.6) is 0 Å². The van der Waals surface area contributed by atoms with E-state index in [2.05, 4.69) is 16.4 Å². The van der Waals surface area contributed by atoms with Gasteiger partial charge in [0, 0.05) is 22.5 Å². The molecule has 0 aliphatic carbocycles. The molecule has 130 valence electrons. The molecule has 0 saturated heterocycles. The van der Waals surface area contributed by atoms with Crippen LogP contribution < -0.4 is 11.1 Å². The van der Waals surface area contributed by atoms with E-state index < -0.39 is 0 Å². The van der Waals surface area contributed by atoms with Crippen molar-refractivity contribution in [3.8, 4) is 11.1 Å². The Labute approximate surface area is 152 Å². The number of H-pyrrole nitrogens is 1. The van der Waals surface area contributed by atoms with Crippen LogP contribution in [0.3, 0.4) is 0 Å². The highest BCUT2D eigenvalue weighted by molar-refractivity contribution is 6.30. The molecule has 0 fully saturated rings. The normalized spacial score (nSPS) is 11.0. The Morgan fingerprint density at radius 2 is 1.76 bits per heavy atom. The van der Waals surface area contributed by atoms with Crippen molar-refractivity contribution in [1.29, 1.82) is 0 Å². The van der Waals surface area contributed by atoms with Crippen LogP contribution in [0.1, 0.15) is 29.8 Å². The van der Waals surface area contributed by atoms with E-state index in [9.17, 15) is 4.79 Å². The first-order valence-corrected chi connectivity index (χ1v) is 8.92. The number of halogens is 1. The molecule has 1 heterocycles. The summed E-state index contributed by atoms with van der Waals surface area (Å²) >= 11 is 5.95. The molecule has 0 bridgehead atoms. The molecular formula is C20H22ClN3O. The number of amides is 1. The lowest BCUT2D eigenvalue weighted by Crippen LogP contribution is -2.24. The van der Waals surface area contributed by atoms with E-state index in [0.717, 1.165) is 46.3 Å². The van der Waals surface area contributed by atoms with Crippen LogP contribution in [0.15, 0.2) is 48.5 Å². The summed E-state index contributed by atoms with van der Waals surface area (Å²) in [5, 5.41) is 4.68. The fourth-order valence-corrected chi connectivity index (χ4v) is 2.94. The van der Waals surface area contributed by atoms with Gasteiger partial charge in [0.15, 0.2) is 0 Å². The average molecular weight is 356 g/mol. The van der Waals surface area contributed by atoms with E-state index in [4.69, 9.17) is 17.3 Å². The second-order valence-electron chi connectivity index (χ2n) is 6.10. The highest BCUT2D eigenvalue weighted by Gasteiger charge is 2.09. The standard InChI is InChI=1S/C20H22ClN3O/c21-17-8-6-14(7-9-17)15-4-5-16-13-19(24-18(16)12-15)20(25)23-11-3-1-2-10-22/h4-9,12-13,24H,1-3,10-11,22H2,(H,23,25). The van der Waals surface area contributed by atoms with Crippen LogP contribution in [0.2, 0.25) is 5.02 Å². The molecule has 1 amide bonds. The summed E-state index contributed by atoms with van der Waals surface area (Å²) in [6.45, 7) is 1.37. The lowest BCUT2D eigenvalue weighted by atomic mass is 10.0. The third-order valence-electron chi connectivity index (χ3n) is 4.21. The number of nitrogens with two attached hydrogens (primary N) is 1. The third kappa shape index (κ3) is 4.41. The number of rotatable bonds is 7. The number of fused-ring (bicyclic) bond motifs is 1. The molecule has 0 unspecified atom stereocenters. The molecule has 0 radical (unpaired) electrons. The topological polar surface area (TPSA) is 70.9 Å². The van der Waals surface area contributed by atoms with Gasteiger partial charge in [-0.05, 0) is 54.8 Å². The van der Waals surface area contributed by atoms with Crippen LogP contribution in [0, 0.1) is 0 Å². The quantitative estimate of drug-likeness (QED) is 0.551. The maximum atomic E-state index is 12.3. The summed E-state index contributed by atoms with van der Waals surface area (Å²) in [5.41, 5.74) is 9.17. The van der Waals surface area contributed by atoms with Gasteiger partial charge in [0.25, 0.3) is 5.91 Å². The third-order valence-corrected chi connectivity index (χ3v) is 4.46. The predicted molar refractivity (Wildman–Crippen MR) is 104 cm³/mol. The largest absolute Gasteiger partial charge is 0.351 e. The number of aromatic amines is 1. The minimum atomic E-state index is -0.0722. The maximum Gasteiger partial charge on any atom is 0.267 e. The van der Waals surface area contributed by atoms with Gasteiger partial charge in [-0.2, -0.15) is 0 Å². The van der Waals surface area contributed by atoms with Gasteiger partial charge in [-0.3, -0.25) is 4.79 Å². The molecule has 0 atom stereocenters. The zero-order valence-corrected chi connectivity index (χ0v) is 14.8. The summed E-state index contributed by atoms with van der Waals surface area (Å²) in [4.78, 5) is 15.5. The van der Waals surface area contributed by atoms with E-state index in [1.807, 2.05) is 42.5 Å². The van der Waals surface area contributed by atoms with Gasteiger partial charge >= 0.3 is 0 Å². The minimum absolute atomic E-state index is 0.0722. The van der Waals surface area contributed by atoms with Gasteiger partial charge in [-0.25, -0.2) is 0 Å². The lowest BCUT2D eigenvalue weighted by molar-refractivity contribution is 0.0949. The number of unbranched alkanes of at least 4 members (excludes halogenated alkanes) is 2. The van der Waals surface area contributed by atoms with Gasteiger partial charge in [-0.1, -0.05) is 42.3 Å². The molecular weight excluding hydrogens is 334 g/mol. The van der Waals surface area contributed by atoms with Crippen molar-refractivity contribution < 1.29 is 4.79 Å². The Kier molecular flexibility index (Phi) is 5.74. The number of nitrogens with one attached hydrogen (secondary N) is 2. The van der Waals surface area contributed by atoms with Gasteiger partial charge < -0.3 is 16.0 Å². The monoisotopic (exact) mass is 355 g/mol. The number of aromatic nitrogens is 1. The predicted octanol–water partition coefficient (Wildman–Crippen LogP) is 4.35. The van der Waals surface area contributed by atoms with Crippen LogP contribution >= 0.6 is 11.6 Å². The minimum Gasteiger partial charge on any atom is -0.351 e. The summed E-state index contributed by atoms with van der Waals surface area (Å²) < 4.78 is 0. The molecule has 0 spiro atoms. The molecule has 2 aromatic carbocycles. The maximum absolute atomic E-state index is 12.3. The Morgan fingerprint density at radius 3 is 2.52 bits per heavy atom. The van der Waals surface area contributed by atoms with E-state index in [-0.39, 0.29) is 5.91 Å². The second kappa shape index (κ2) is 8.19. The van der Waals surface area contributed by atoms with Crippen molar-refractivity contribution in [2.45, 2.75) is 19.3 Å². The highest BCUT2D eigenvalue weighted by Crippen LogP contribution is 2.26. The van der Waals surface area contributed by atoms with Crippen LogP contribution in [-0.2, 0) is 0 Å². The molecule has 1 aromatic heterocycles. The number of carbonyl (C=O) groups is 1. The molecule has 0 saturated carbocycles. The fraction of sp³-hybridized carbons (Fsp3) is 0.250. The molecule has 3 rings (SSSR count). The van der Waals surface area contributed by atoms with Gasteiger partial charge in [0.05, 0.1) is 0 Å². The Morgan fingerprint density at radius 1 is 1.00 bits per heavy atom. The molecule has 4 N–H and O–H groups in total. The van der Waals surface area contributed by atoms with Gasteiger partial charge in [0.1, 0.15) is 5.69 Å². The smallest absolute Gasteiger partial charge is 0.267 e. The molecule has 4 nitrogen and oxygen atoms in total. The zero-order valence-electron chi connectivity index (χ0n) is 14.0. The van der Waals surface area contributed by atoms with Crippen molar-refractivity contribution in [3.63, 3.8) is 0 Å². The highest BCUT2D eigenvalue weighted by atomic mass is 35.5. The van der Waals surface area contributed by atoms with Crippen molar-refractivity contribution in [2.75, 3.05) is 13.1 Å². The van der Waals surface area contributed by atoms with Crippen LogP contribution in [0.4, 0.5) is 0 Å². The Balaban J connectivity index is 1.71. The molecule has 25 heavy (non-hydrogen) atoms. The van der Waals surface area contributed by atoms with Crippen LogP contribution in [-0.4, -0.2) is 24.0 Å². The first-order chi connectivity index (χ1) is 12.2. The van der Waals surface area contributed by atoms with Crippen molar-refractivity contribution >= 4 is 28.4 Å². The first kappa shape index (κ1) is 17.5. The summed E-state index contributed by atoms with van der Waals surface area (Å²) in [7, 11) is 0. The summed E-state index contributed by atoms with van der Waals surface area (Å²) in [6.07, 6.45) is 2.98. The second-order valence-corrected chi connectivity index (χ2v) is 6.53. The molecule has 0 aliphatic rings. The molecule has 5 heteroatoms. The van der Waals surface area contributed by atoms with Gasteiger partial charge in [-0.15, -0.1) is 0 Å². The Bertz CT molecular complexity index is 855. The zero-order chi connectivity index (χ0) is 17.6. The van der Waals surface area contributed by atoms with E-state index >= 15 is 0 Å². The van der Waals surface area contributed by atoms with Gasteiger partial charge in [0.2, 0.25) is 0 Å². The Hall–Kier alpha value is -2.30. The molecule has 3 aromatic rings. The number of hydrogen-bond donors (Lipinski definition) is 3. The number of carbonyl (C=O) groups excluding carboxylic acids is 1.